The molecule has 2 heterocycles. The smallest absolute Gasteiger partial charge is 0.311 e. The van der Waals surface area contributed by atoms with Crippen molar-refractivity contribution in [2.24, 2.45) is 5.92 Å². The summed E-state index contributed by atoms with van der Waals surface area (Å²) < 4.78 is 7.13. The number of aromatic nitrogens is 1. The van der Waals surface area contributed by atoms with Gasteiger partial charge in [0, 0.05) is 36.4 Å². The van der Waals surface area contributed by atoms with Crippen molar-refractivity contribution in [3.63, 3.8) is 0 Å². The van der Waals surface area contributed by atoms with Crippen LogP contribution in [0.1, 0.15) is 5.69 Å². The van der Waals surface area contributed by atoms with Crippen LogP contribution in [0.5, 0.6) is 0 Å². The Hall–Kier alpha value is -2.59. The molecule has 0 amide bonds. The Balaban J connectivity index is 1.65. The van der Waals surface area contributed by atoms with Gasteiger partial charge in [-0.2, -0.15) is 0 Å². The van der Waals surface area contributed by atoms with E-state index in [1.807, 2.05) is 6.07 Å². The van der Waals surface area contributed by atoms with Gasteiger partial charge in [-0.3, -0.25) is 9.69 Å². The van der Waals surface area contributed by atoms with Crippen LogP contribution in [0, 0.1) is 5.92 Å². The summed E-state index contributed by atoms with van der Waals surface area (Å²) in [5.41, 5.74) is 3.62. The average Bonchev–Trinajstić information content (AvgIpc) is 2.96. The Bertz CT molecular complexity index is 864. The van der Waals surface area contributed by atoms with Gasteiger partial charge in [-0.15, -0.1) is 0 Å². The number of benzene rings is 2. The molecule has 0 unspecified atom stereocenters. The lowest BCUT2D eigenvalue weighted by Gasteiger charge is -2.37. The summed E-state index contributed by atoms with van der Waals surface area (Å²) >= 11 is 0. The third kappa shape index (κ3) is 2.59. The second-order valence-electron chi connectivity index (χ2n) is 6.28. The van der Waals surface area contributed by atoms with E-state index >= 15 is 0 Å². The van der Waals surface area contributed by atoms with Gasteiger partial charge in [0.2, 0.25) is 0 Å². The van der Waals surface area contributed by atoms with Gasteiger partial charge in [0.25, 0.3) is 0 Å². The lowest BCUT2D eigenvalue weighted by Crippen LogP contribution is -2.50. The normalized spacial score (nSPS) is 15.4. The van der Waals surface area contributed by atoms with Crippen molar-refractivity contribution in [2.45, 2.75) is 6.54 Å². The molecule has 1 saturated heterocycles. The van der Waals surface area contributed by atoms with E-state index in [-0.39, 0.29) is 11.9 Å². The summed E-state index contributed by atoms with van der Waals surface area (Å²) in [5, 5.41) is 1.24. The topological polar surface area (TPSA) is 34.5 Å². The zero-order chi connectivity index (χ0) is 16.5. The van der Waals surface area contributed by atoms with Crippen LogP contribution in [0.2, 0.25) is 0 Å². The molecule has 1 fully saturated rings. The zero-order valence-corrected chi connectivity index (χ0v) is 13.7. The average molecular weight is 320 g/mol. The molecule has 4 rings (SSSR count). The summed E-state index contributed by atoms with van der Waals surface area (Å²) in [7, 11) is 1.46. The number of para-hydroxylation sites is 2. The number of hydrogen-bond donors (Lipinski definition) is 0. The maximum absolute atomic E-state index is 11.6. The first-order chi connectivity index (χ1) is 11.8. The maximum Gasteiger partial charge on any atom is 0.311 e. The van der Waals surface area contributed by atoms with Crippen molar-refractivity contribution >= 4 is 16.9 Å². The first kappa shape index (κ1) is 15.0. The molecule has 0 spiro atoms. The van der Waals surface area contributed by atoms with E-state index < -0.39 is 0 Å². The number of likely N-dealkylation sites (tertiary alicyclic amines) is 1. The second kappa shape index (κ2) is 6.13. The largest absolute Gasteiger partial charge is 0.469 e. The summed E-state index contributed by atoms with van der Waals surface area (Å²) in [5.74, 6) is -0.0839. The van der Waals surface area contributed by atoms with Gasteiger partial charge in [-0.25, -0.2) is 0 Å². The number of esters is 1. The van der Waals surface area contributed by atoms with Crippen molar-refractivity contribution in [3.05, 3.63) is 66.4 Å². The maximum atomic E-state index is 11.6. The number of hydrogen-bond acceptors (Lipinski definition) is 3. The molecule has 0 radical (unpaired) electrons. The van der Waals surface area contributed by atoms with Gasteiger partial charge in [0.15, 0.2) is 0 Å². The highest BCUT2D eigenvalue weighted by Crippen LogP contribution is 2.27. The van der Waals surface area contributed by atoms with E-state index in [4.69, 9.17) is 4.74 Å². The van der Waals surface area contributed by atoms with Crippen LogP contribution in [0.3, 0.4) is 0 Å². The Morgan fingerprint density at radius 2 is 1.79 bits per heavy atom. The number of carbonyl (C=O) groups excluding carboxylic acids is 1. The highest BCUT2D eigenvalue weighted by atomic mass is 16.5. The van der Waals surface area contributed by atoms with Gasteiger partial charge < -0.3 is 9.30 Å². The summed E-state index contributed by atoms with van der Waals surface area (Å²) in [6.07, 6.45) is 0. The minimum atomic E-state index is -0.102. The lowest BCUT2D eigenvalue weighted by atomic mass is 10.0. The van der Waals surface area contributed by atoms with Crippen LogP contribution in [0.25, 0.3) is 16.6 Å². The third-order valence-corrected chi connectivity index (χ3v) is 4.68. The highest BCUT2D eigenvalue weighted by Gasteiger charge is 2.33. The Morgan fingerprint density at radius 3 is 2.54 bits per heavy atom. The molecule has 4 heteroatoms. The molecule has 1 aromatic heterocycles. The van der Waals surface area contributed by atoms with E-state index in [2.05, 4.69) is 64.1 Å². The van der Waals surface area contributed by atoms with E-state index in [9.17, 15) is 4.79 Å². The fourth-order valence-electron chi connectivity index (χ4n) is 3.45. The number of carbonyl (C=O) groups is 1. The van der Waals surface area contributed by atoms with Crippen molar-refractivity contribution in [2.75, 3.05) is 20.2 Å². The van der Waals surface area contributed by atoms with Crippen molar-refractivity contribution in [3.8, 4) is 5.69 Å². The van der Waals surface area contributed by atoms with E-state index in [1.54, 1.807) is 0 Å². The predicted molar refractivity (Wildman–Crippen MR) is 94.1 cm³/mol. The Labute approximate surface area is 141 Å². The van der Waals surface area contributed by atoms with E-state index in [1.165, 1.54) is 29.4 Å². The number of nitrogens with zero attached hydrogens (tertiary/aromatic N) is 2. The molecule has 0 bridgehead atoms. The minimum Gasteiger partial charge on any atom is -0.469 e. The SMILES string of the molecule is COC(=O)C1CN(Cc2cc3ccccc3n2-c2ccccc2)C1. The van der Waals surface area contributed by atoms with Gasteiger partial charge >= 0.3 is 5.97 Å². The molecule has 1 aliphatic heterocycles. The predicted octanol–water partition coefficient (Wildman–Crippen LogP) is 3.24. The quantitative estimate of drug-likeness (QED) is 0.692. The van der Waals surface area contributed by atoms with E-state index in [0.717, 1.165) is 19.6 Å². The van der Waals surface area contributed by atoms with Crippen LogP contribution < -0.4 is 0 Å². The summed E-state index contributed by atoms with van der Waals surface area (Å²) in [6, 6.07) is 21.1. The summed E-state index contributed by atoms with van der Waals surface area (Å²) in [4.78, 5) is 13.9. The zero-order valence-electron chi connectivity index (χ0n) is 13.7. The van der Waals surface area contributed by atoms with Crippen molar-refractivity contribution < 1.29 is 9.53 Å². The molecule has 24 heavy (non-hydrogen) atoms. The monoisotopic (exact) mass is 320 g/mol. The molecule has 4 nitrogen and oxygen atoms in total. The highest BCUT2D eigenvalue weighted by molar-refractivity contribution is 5.83. The third-order valence-electron chi connectivity index (χ3n) is 4.68. The number of rotatable bonds is 4. The first-order valence-corrected chi connectivity index (χ1v) is 8.21. The van der Waals surface area contributed by atoms with Crippen LogP contribution in [-0.4, -0.2) is 35.6 Å². The molecule has 0 N–H and O–H groups in total. The molecule has 0 saturated carbocycles. The minimum absolute atomic E-state index is 0.0181. The molecule has 2 aromatic carbocycles. The van der Waals surface area contributed by atoms with Crippen molar-refractivity contribution in [1.29, 1.82) is 0 Å². The number of methoxy groups -OCH3 is 1. The van der Waals surface area contributed by atoms with Gasteiger partial charge in [0.1, 0.15) is 0 Å². The van der Waals surface area contributed by atoms with Crippen LogP contribution in [0.15, 0.2) is 60.7 Å². The molecule has 3 aromatic rings. The second-order valence-corrected chi connectivity index (χ2v) is 6.28. The van der Waals surface area contributed by atoms with Crippen LogP contribution >= 0.6 is 0 Å². The summed E-state index contributed by atoms with van der Waals surface area (Å²) in [6.45, 7) is 2.36. The van der Waals surface area contributed by atoms with Gasteiger partial charge in [0.05, 0.1) is 18.5 Å². The molecule has 122 valence electrons. The standard InChI is InChI=1S/C20H20N2O2/c1-24-20(23)16-12-21(13-16)14-18-11-15-7-5-6-10-19(15)22(18)17-8-3-2-4-9-17/h2-11,16H,12-14H2,1H3. The van der Waals surface area contributed by atoms with Crippen molar-refractivity contribution in [1.82, 2.24) is 9.47 Å². The van der Waals surface area contributed by atoms with Gasteiger partial charge in [-0.1, -0.05) is 36.4 Å². The Morgan fingerprint density at radius 1 is 1.08 bits per heavy atom. The molecule has 0 aliphatic carbocycles. The van der Waals surface area contributed by atoms with E-state index in [0.29, 0.717) is 0 Å². The molecule has 1 aliphatic rings. The van der Waals surface area contributed by atoms with Crippen LogP contribution in [0.4, 0.5) is 0 Å². The Kier molecular flexibility index (Phi) is 3.82. The fraction of sp³-hybridized carbons (Fsp3) is 0.250. The molecular weight excluding hydrogens is 300 g/mol. The van der Waals surface area contributed by atoms with Crippen LogP contribution in [-0.2, 0) is 16.1 Å². The first-order valence-electron chi connectivity index (χ1n) is 8.21. The molecular formula is C20H20N2O2. The molecule has 0 atom stereocenters. The van der Waals surface area contributed by atoms with Gasteiger partial charge in [-0.05, 0) is 24.3 Å². The fourth-order valence-corrected chi connectivity index (χ4v) is 3.45. The number of fused-ring (bicyclic) bond motifs is 1. The number of ether oxygens (including phenoxy) is 1. The lowest BCUT2D eigenvalue weighted by molar-refractivity contribution is -0.151.